The van der Waals surface area contributed by atoms with E-state index in [1.165, 1.54) is 6.07 Å². The maximum absolute atomic E-state index is 14.2. The Labute approximate surface area is 189 Å². The first-order valence-electron chi connectivity index (χ1n) is 10.8. The first kappa shape index (κ1) is 21.6. The second-order valence-corrected chi connectivity index (χ2v) is 8.23. The average Bonchev–Trinajstić information content (AvgIpc) is 3.15. The molecule has 5 rings (SSSR count). The van der Waals surface area contributed by atoms with E-state index in [4.69, 9.17) is 19.2 Å². The number of methoxy groups -OCH3 is 1. The van der Waals surface area contributed by atoms with Crippen molar-refractivity contribution in [1.29, 1.82) is 0 Å². The van der Waals surface area contributed by atoms with Crippen molar-refractivity contribution >= 4 is 22.4 Å². The standard InChI is InChI=1S/C23H25F2N5O3/c1-13(15-5-4-6-17-20(15)33-12-23(17,24)25)26-21-16-11-18(30-7-9-32-10-8-30)22(31-3)27-19(16)14(2)28-29-21/h4-6,11,13H,7-10,12H2,1-3H3,(H,26,29)/t13-/m1/s1. The van der Waals surface area contributed by atoms with Gasteiger partial charge in [-0.1, -0.05) is 12.1 Å². The summed E-state index contributed by atoms with van der Waals surface area (Å²) in [6.07, 6.45) is 0. The van der Waals surface area contributed by atoms with E-state index < -0.39 is 12.5 Å². The number of halogens is 2. The lowest BCUT2D eigenvalue weighted by molar-refractivity contribution is -0.0214. The number of hydrogen-bond donors (Lipinski definition) is 1. The van der Waals surface area contributed by atoms with Crippen LogP contribution in [0.1, 0.15) is 29.8 Å². The highest BCUT2D eigenvalue weighted by molar-refractivity contribution is 5.93. The van der Waals surface area contributed by atoms with Gasteiger partial charge in [-0.2, -0.15) is 13.9 Å². The number of aryl methyl sites for hydroxylation is 1. The van der Waals surface area contributed by atoms with Gasteiger partial charge in [-0.05, 0) is 26.0 Å². The van der Waals surface area contributed by atoms with Gasteiger partial charge in [0.25, 0.3) is 0 Å². The third-order valence-corrected chi connectivity index (χ3v) is 6.07. The van der Waals surface area contributed by atoms with Gasteiger partial charge in [-0.3, -0.25) is 0 Å². The Hall–Kier alpha value is -3.27. The van der Waals surface area contributed by atoms with Crippen LogP contribution in [-0.4, -0.2) is 55.2 Å². The summed E-state index contributed by atoms with van der Waals surface area (Å²) in [7, 11) is 1.59. The van der Waals surface area contributed by atoms with E-state index in [2.05, 4.69) is 20.4 Å². The number of aromatic nitrogens is 3. The van der Waals surface area contributed by atoms with Crippen molar-refractivity contribution < 1.29 is 23.0 Å². The van der Waals surface area contributed by atoms with Gasteiger partial charge < -0.3 is 24.4 Å². The number of rotatable bonds is 5. The molecule has 0 aliphatic carbocycles. The number of nitrogens with one attached hydrogen (secondary N) is 1. The first-order chi connectivity index (χ1) is 15.9. The van der Waals surface area contributed by atoms with Crippen LogP contribution in [0.4, 0.5) is 20.3 Å². The van der Waals surface area contributed by atoms with Crippen LogP contribution < -0.4 is 19.7 Å². The summed E-state index contributed by atoms with van der Waals surface area (Å²) >= 11 is 0. The number of hydrogen-bond acceptors (Lipinski definition) is 8. The summed E-state index contributed by atoms with van der Waals surface area (Å²) in [6, 6.07) is 6.44. The third kappa shape index (κ3) is 3.78. The maximum Gasteiger partial charge on any atom is 0.310 e. The molecule has 2 aliphatic rings. The van der Waals surface area contributed by atoms with Crippen molar-refractivity contribution in [3.8, 4) is 11.6 Å². The molecule has 1 saturated heterocycles. The largest absolute Gasteiger partial charge is 0.486 e. The lowest BCUT2D eigenvalue weighted by Gasteiger charge is -2.30. The molecule has 0 amide bonds. The van der Waals surface area contributed by atoms with Crippen LogP contribution in [0.3, 0.4) is 0 Å². The summed E-state index contributed by atoms with van der Waals surface area (Å²) in [5.74, 6) is -1.75. The van der Waals surface area contributed by atoms with E-state index in [0.29, 0.717) is 41.7 Å². The van der Waals surface area contributed by atoms with Crippen LogP contribution in [0.25, 0.3) is 10.9 Å². The minimum absolute atomic E-state index is 0.0884. The molecule has 3 aromatic rings. The Kier molecular flexibility index (Phi) is 5.40. The van der Waals surface area contributed by atoms with E-state index >= 15 is 0 Å². The quantitative estimate of drug-likeness (QED) is 0.619. The van der Waals surface area contributed by atoms with Crippen molar-refractivity contribution in [2.75, 3.05) is 50.2 Å². The molecule has 10 heteroatoms. The normalized spacial score (nSPS) is 18.0. The SMILES string of the molecule is COc1nc2c(C)nnc(N[C@H](C)c3cccc4c3OCC4(F)F)c2cc1N1CCOCC1. The van der Waals surface area contributed by atoms with Crippen LogP contribution >= 0.6 is 0 Å². The van der Waals surface area contributed by atoms with Crippen molar-refractivity contribution in [2.45, 2.75) is 25.8 Å². The van der Waals surface area contributed by atoms with Gasteiger partial charge >= 0.3 is 5.92 Å². The van der Waals surface area contributed by atoms with Crippen LogP contribution in [-0.2, 0) is 10.7 Å². The van der Waals surface area contributed by atoms with Crippen LogP contribution in [0, 0.1) is 6.92 Å². The molecule has 0 unspecified atom stereocenters. The lowest BCUT2D eigenvalue weighted by Crippen LogP contribution is -2.36. The summed E-state index contributed by atoms with van der Waals surface area (Å²) in [4.78, 5) is 6.88. The minimum Gasteiger partial charge on any atom is -0.486 e. The molecule has 0 spiro atoms. The van der Waals surface area contributed by atoms with Crippen LogP contribution in [0.15, 0.2) is 24.3 Å². The molecule has 0 radical (unpaired) electrons. The Morgan fingerprint density at radius 2 is 2.00 bits per heavy atom. The maximum atomic E-state index is 14.2. The number of ether oxygens (including phenoxy) is 3. The van der Waals surface area contributed by atoms with E-state index in [9.17, 15) is 8.78 Å². The highest BCUT2D eigenvalue weighted by atomic mass is 19.3. The van der Waals surface area contributed by atoms with Gasteiger partial charge in [0.15, 0.2) is 12.4 Å². The Morgan fingerprint density at radius 3 is 2.76 bits per heavy atom. The topological polar surface area (TPSA) is 81.6 Å². The molecular formula is C23H25F2N5O3. The molecule has 0 bridgehead atoms. The Bertz CT molecular complexity index is 1200. The third-order valence-electron chi connectivity index (χ3n) is 6.07. The summed E-state index contributed by atoms with van der Waals surface area (Å²) in [5.41, 5.74) is 2.72. The smallest absolute Gasteiger partial charge is 0.310 e. The Morgan fingerprint density at radius 1 is 1.21 bits per heavy atom. The number of fused-ring (bicyclic) bond motifs is 2. The zero-order chi connectivity index (χ0) is 23.2. The van der Waals surface area contributed by atoms with E-state index in [1.54, 1.807) is 19.2 Å². The highest BCUT2D eigenvalue weighted by Crippen LogP contribution is 2.45. The molecule has 174 valence electrons. The molecule has 1 fully saturated rings. The molecule has 1 atom stereocenters. The van der Waals surface area contributed by atoms with Gasteiger partial charge in [-0.25, -0.2) is 4.98 Å². The minimum atomic E-state index is -2.99. The number of pyridine rings is 1. The van der Waals surface area contributed by atoms with E-state index in [0.717, 1.165) is 24.2 Å². The lowest BCUT2D eigenvalue weighted by atomic mass is 10.0. The number of para-hydroxylation sites is 1. The molecule has 2 aromatic heterocycles. The monoisotopic (exact) mass is 457 g/mol. The average molecular weight is 457 g/mol. The summed E-state index contributed by atoms with van der Waals surface area (Å²) < 4.78 is 44.7. The predicted octanol–water partition coefficient (Wildman–Crippen LogP) is 3.84. The zero-order valence-electron chi connectivity index (χ0n) is 18.7. The molecule has 4 heterocycles. The fourth-order valence-corrected chi connectivity index (χ4v) is 4.32. The molecule has 2 aliphatic heterocycles. The molecule has 1 N–H and O–H groups in total. The zero-order valence-corrected chi connectivity index (χ0v) is 18.7. The van der Waals surface area contributed by atoms with Crippen molar-refractivity contribution in [3.05, 3.63) is 41.1 Å². The van der Waals surface area contributed by atoms with E-state index in [-0.39, 0.29) is 17.4 Å². The molecule has 33 heavy (non-hydrogen) atoms. The molecule has 1 aromatic carbocycles. The number of nitrogens with zero attached hydrogens (tertiary/aromatic N) is 4. The molecule has 8 nitrogen and oxygen atoms in total. The first-order valence-corrected chi connectivity index (χ1v) is 10.8. The summed E-state index contributed by atoms with van der Waals surface area (Å²) in [6.45, 7) is 5.77. The Balaban J connectivity index is 1.55. The summed E-state index contributed by atoms with van der Waals surface area (Å²) in [5, 5.41) is 12.7. The second-order valence-electron chi connectivity index (χ2n) is 8.23. The van der Waals surface area contributed by atoms with Crippen molar-refractivity contribution in [2.24, 2.45) is 0 Å². The van der Waals surface area contributed by atoms with Gasteiger partial charge in [0.1, 0.15) is 17.0 Å². The van der Waals surface area contributed by atoms with Crippen LogP contribution in [0.2, 0.25) is 0 Å². The van der Waals surface area contributed by atoms with Gasteiger partial charge in [-0.15, -0.1) is 5.10 Å². The van der Waals surface area contributed by atoms with Crippen LogP contribution in [0.5, 0.6) is 11.6 Å². The number of anilines is 2. The number of benzene rings is 1. The van der Waals surface area contributed by atoms with Crippen molar-refractivity contribution in [3.63, 3.8) is 0 Å². The van der Waals surface area contributed by atoms with Crippen molar-refractivity contribution in [1.82, 2.24) is 15.2 Å². The van der Waals surface area contributed by atoms with Gasteiger partial charge in [0.2, 0.25) is 5.88 Å². The molecular weight excluding hydrogens is 432 g/mol. The predicted molar refractivity (Wildman–Crippen MR) is 120 cm³/mol. The molecule has 0 saturated carbocycles. The fourth-order valence-electron chi connectivity index (χ4n) is 4.32. The number of morpholine rings is 1. The number of alkyl halides is 2. The second kappa shape index (κ2) is 8.26. The highest BCUT2D eigenvalue weighted by Gasteiger charge is 2.42. The van der Waals surface area contributed by atoms with Gasteiger partial charge in [0, 0.05) is 24.0 Å². The van der Waals surface area contributed by atoms with Gasteiger partial charge in [0.05, 0.1) is 37.6 Å². The fraction of sp³-hybridized carbons (Fsp3) is 0.435. The van der Waals surface area contributed by atoms with E-state index in [1.807, 2.05) is 19.9 Å².